The number of aromatic nitrogens is 2. The highest BCUT2D eigenvalue weighted by Crippen LogP contribution is 2.59. The molecule has 2 aliphatic rings. The number of pyridine rings is 1. The first kappa shape index (κ1) is 9.92. The predicted molar refractivity (Wildman–Crippen MR) is 65.4 cm³/mol. The van der Waals surface area contributed by atoms with Crippen LogP contribution in [0.3, 0.4) is 0 Å². The van der Waals surface area contributed by atoms with E-state index in [2.05, 4.69) is 11.1 Å². The lowest BCUT2D eigenvalue weighted by Gasteiger charge is -2.23. The summed E-state index contributed by atoms with van der Waals surface area (Å²) >= 11 is 6.20. The Morgan fingerprint density at radius 1 is 1.53 bits per heavy atom. The van der Waals surface area contributed by atoms with Gasteiger partial charge in [0.25, 0.3) is 0 Å². The minimum atomic E-state index is 0.287. The van der Waals surface area contributed by atoms with E-state index < -0.39 is 0 Å². The summed E-state index contributed by atoms with van der Waals surface area (Å²) in [6.07, 6.45) is 8.03. The summed E-state index contributed by atoms with van der Waals surface area (Å²) in [6, 6.07) is 2.09. The summed E-state index contributed by atoms with van der Waals surface area (Å²) in [5.74, 6) is 0.662. The first-order valence-electron chi connectivity index (χ1n) is 6.00. The molecule has 3 heterocycles. The molecule has 2 aromatic rings. The van der Waals surface area contributed by atoms with Gasteiger partial charge in [0.2, 0.25) is 0 Å². The molecule has 0 bridgehead atoms. The fourth-order valence-electron chi connectivity index (χ4n) is 3.21. The molecule has 0 spiro atoms. The summed E-state index contributed by atoms with van der Waals surface area (Å²) in [7, 11) is 0. The third kappa shape index (κ3) is 1.30. The third-order valence-corrected chi connectivity index (χ3v) is 4.44. The molecule has 3 nitrogen and oxygen atoms in total. The molecule has 4 heteroatoms. The lowest BCUT2D eigenvalue weighted by molar-refractivity contribution is 0.0804. The van der Waals surface area contributed by atoms with E-state index in [-0.39, 0.29) is 5.41 Å². The van der Waals surface area contributed by atoms with Crippen molar-refractivity contribution in [3.63, 3.8) is 0 Å². The zero-order chi connectivity index (χ0) is 11.5. The molecule has 0 N–H and O–H groups in total. The van der Waals surface area contributed by atoms with E-state index in [0.29, 0.717) is 5.92 Å². The largest absolute Gasteiger partial charge is 0.381 e. The van der Waals surface area contributed by atoms with Crippen molar-refractivity contribution in [1.29, 1.82) is 0 Å². The van der Waals surface area contributed by atoms with Gasteiger partial charge in [0.15, 0.2) is 0 Å². The number of halogens is 1. The van der Waals surface area contributed by atoms with Gasteiger partial charge >= 0.3 is 0 Å². The van der Waals surface area contributed by atoms with E-state index >= 15 is 0 Å². The van der Waals surface area contributed by atoms with Gasteiger partial charge in [0, 0.05) is 36.2 Å². The van der Waals surface area contributed by atoms with Crippen LogP contribution >= 0.6 is 11.6 Å². The molecule has 2 atom stereocenters. The maximum Gasteiger partial charge on any atom is 0.140 e. The zero-order valence-corrected chi connectivity index (χ0v) is 10.2. The SMILES string of the molecule is Clc1cc(C23CCOCC2C3)c2nccn2c1. The summed E-state index contributed by atoms with van der Waals surface area (Å²) in [5.41, 5.74) is 2.65. The highest BCUT2D eigenvalue weighted by atomic mass is 35.5. The highest BCUT2D eigenvalue weighted by molar-refractivity contribution is 6.30. The molecule has 0 radical (unpaired) electrons. The maximum absolute atomic E-state index is 6.20. The highest BCUT2D eigenvalue weighted by Gasteiger charge is 2.57. The number of hydrogen-bond donors (Lipinski definition) is 0. The molecule has 2 fully saturated rings. The summed E-state index contributed by atoms with van der Waals surface area (Å²) in [4.78, 5) is 4.47. The van der Waals surface area contributed by atoms with Crippen molar-refractivity contribution >= 4 is 17.2 Å². The van der Waals surface area contributed by atoms with Gasteiger partial charge in [0.1, 0.15) is 5.65 Å². The van der Waals surface area contributed by atoms with Crippen LogP contribution in [0.15, 0.2) is 24.7 Å². The first-order chi connectivity index (χ1) is 8.29. The number of ether oxygens (including phenoxy) is 1. The van der Waals surface area contributed by atoms with Crippen molar-refractivity contribution < 1.29 is 4.74 Å². The molecule has 1 aliphatic carbocycles. The molecule has 1 saturated carbocycles. The monoisotopic (exact) mass is 248 g/mol. The Morgan fingerprint density at radius 2 is 2.47 bits per heavy atom. The molecular weight excluding hydrogens is 236 g/mol. The topological polar surface area (TPSA) is 26.5 Å². The molecule has 1 aliphatic heterocycles. The zero-order valence-electron chi connectivity index (χ0n) is 9.40. The van der Waals surface area contributed by atoms with Crippen LogP contribution in [0, 0.1) is 5.92 Å². The van der Waals surface area contributed by atoms with E-state index in [1.165, 1.54) is 12.0 Å². The molecule has 17 heavy (non-hydrogen) atoms. The van der Waals surface area contributed by atoms with Crippen molar-refractivity contribution in [3.8, 4) is 0 Å². The quantitative estimate of drug-likeness (QED) is 0.776. The lowest BCUT2D eigenvalue weighted by Crippen LogP contribution is -2.22. The number of nitrogens with zero attached hydrogens (tertiary/aromatic N) is 2. The summed E-state index contributed by atoms with van der Waals surface area (Å²) in [5, 5.41) is 0.789. The van der Waals surface area contributed by atoms with Crippen LogP contribution < -0.4 is 0 Å². The van der Waals surface area contributed by atoms with Gasteiger partial charge in [-0.3, -0.25) is 0 Å². The Balaban J connectivity index is 1.93. The van der Waals surface area contributed by atoms with Gasteiger partial charge < -0.3 is 9.14 Å². The van der Waals surface area contributed by atoms with Crippen LogP contribution in [0.5, 0.6) is 0 Å². The Bertz CT molecular complexity index is 594. The number of rotatable bonds is 1. The minimum Gasteiger partial charge on any atom is -0.381 e. The second-order valence-corrected chi connectivity index (χ2v) is 5.55. The van der Waals surface area contributed by atoms with E-state index in [1.54, 1.807) is 0 Å². The van der Waals surface area contributed by atoms with Gasteiger partial charge in [-0.05, 0) is 24.8 Å². The van der Waals surface area contributed by atoms with Gasteiger partial charge in [0.05, 0.1) is 11.6 Å². The van der Waals surface area contributed by atoms with Crippen LogP contribution in [0.4, 0.5) is 0 Å². The van der Waals surface area contributed by atoms with Crippen LogP contribution in [0.1, 0.15) is 18.4 Å². The van der Waals surface area contributed by atoms with E-state index in [4.69, 9.17) is 16.3 Å². The van der Waals surface area contributed by atoms with Crippen LogP contribution in [0.2, 0.25) is 5.02 Å². The average Bonchev–Trinajstić information content (AvgIpc) is 2.91. The summed E-state index contributed by atoms with van der Waals surface area (Å²) < 4.78 is 7.56. The number of hydrogen-bond acceptors (Lipinski definition) is 2. The average molecular weight is 249 g/mol. The first-order valence-corrected chi connectivity index (χ1v) is 6.38. The maximum atomic E-state index is 6.20. The smallest absolute Gasteiger partial charge is 0.140 e. The second-order valence-electron chi connectivity index (χ2n) is 5.11. The Hall–Kier alpha value is -1.06. The van der Waals surface area contributed by atoms with Crippen molar-refractivity contribution in [1.82, 2.24) is 9.38 Å². The van der Waals surface area contributed by atoms with E-state index in [1.807, 2.05) is 23.0 Å². The Morgan fingerprint density at radius 3 is 3.35 bits per heavy atom. The van der Waals surface area contributed by atoms with Gasteiger partial charge in [-0.15, -0.1) is 0 Å². The molecule has 4 rings (SSSR count). The van der Waals surface area contributed by atoms with E-state index in [0.717, 1.165) is 30.3 Å². The van der Waals surface area contributed by atoms with Crippen LogP contribution in [-0.2, 0) is 10.2 Å². The second kappa shape index (κ2) is 3.24. The molecule has 88 valence electrons. The van der Waals surface area contributed by atoms with Crippen molar-refractivity contribution in [2.75, 3.05) is 13.2 Å². The predicted octanol–water partition coefficient (Wildman–Crippen LogP) is 2.67. The lowest BCUT2D eigenvalue weighted by atomic mass is 9.90. The van der Waals surface area contributed by atoms with Crippen LogP contribution in [-0.4, -0.2) is 22.6 Å². The fraction of sp³-hybridized carbons (Fsp3) is 0.462. The van der Waals surface area contributed by atoms with Gasteiger partial charge in [-0.25, -0.2) is 4.98 Å². The van der Waals surface area contributed by atoms with Crippen molar-refractivity contribution in [2.45, 2.75) is 18.3 Å². The van der Waals surface area contributed by atoms with Gasteiger partial charge in [-0.1, -0.05) is 11.6 Å². The normalized spacial score (nSPS) is 31.5. The van der Waals surface area contributed by atoms with Crippen molar-refractivity contribution in [2.24, 2.45) is 5.92 Å². The molecular formula is C13H13ClN2O. The molecule has 2 unspecified atom stereocenters. The minimum absolute atomic E-state index is 0.287. The molecule has 0 aromatic carbocycles. The third-order valence-electron chi connectivity index (χ3n) is 4.23. The molecule has 0 amide bonds. The van der Waals surface area contributed by atoms with Crippen molar-refractivity contribution in [3.05, 3.63) is 35.2 Å². The fourth-order valence-corrected chi connectivity index (χ4v) is 3.43. The standard InChI is InChI=1S/C13H13ClN2O/c14-10-5-11(12-15-2-3-16(12)7-10)13-1-4-17-8-9(13)6-13/h2-3,5,7,9H,1,4,6,8H2. The molecule has 2 aromatic heterocycles. The van der Waals surface area contributed by atoms with Crippen LogP contribution in [0.25, 0.3) is 5.65 Å². The number of fused-ring (bicyclic) bond motifs is 2. The summed E-state index contributed by atoms with van der Waals surface area (Å²) in [6.45, 7) is 1.75. The Kier molecular flexibility index (Phi) is 1.89. The van der Waals surface area contributed by atoms with E-state index in [9.17, 15) is 0 Å². The molecule has 1 saturated heterocycles. The number of imidazole rings is 1. The van der Waals surface area contributed by atoms with Gasteiger partial charge in [-0.2, -0.15) is 0 Å². The Labute approximate surface area is 104 Å².